The van der Waals surface area contributed by atoms with Gasteiger partial charge in [0.15, 0.2) is 0 Å². The molecule has 4 unspecified atom stereocenters. The van der Waals surface area contributed by atoms with Crippen LogP contribution < -0.4 is 0 Å². The lowest BCUT2D eigenvalue weighted by Gasteiger charge is -2.49. The summed E-state index contributed by atoms with van der Waals surface area (Å²) in [4.78, 5) is 0. The molecule has 2 aliphatic carbocycles. The first kappa shape index (κ1) is 14.1. The highest BCUT2D eigenvalue weighted by molar-refractivity contribution is 5.40. The second-order valence-corrected chi connectivity index (χ2v) is 7.42. The SMILES string of the molecule is CC1Cc2occ3c2C(C(O)CC3)C1(C)CCc1ccoc1. The maximum atomic E-state index is 10.7. The van der Waals surface area contributed by atoms with E-state index in [-0.39, 0.29) is 17.4 Å². The fourth-order valence-corrected chi connectivity index (χ4v) is 4.67. The van der Waals surface area contributed by atoms with Crippen LogP contribution in [-0.4, -0.2) is 11.2 Å². The minimum absolute atomic E-state index is 0.0999. The monoisotopic (exact) mass is 300 g/mol. The van der Waals surface area contributed by atoms with Crippen LogP contribution in [0.4, 0.5) is 0 Å². The molecule has 3 nitrogen and oxygen atoms in total. The van der Waals surface area contributed by atoms with Crippen LogP contribution in [0.15, 0.2) is 33.7 Å². The van der Waals surface area contributed by atoms with Crippen LogP contribution in [-0.2, 0) is 19.3 Å². The Morgan fingerprint density at radius 1 is 1.36 bits per heavy atom. The fraction of sp³-hybridized carbons (Fsp3) is 0.579. The maximum absolute atomic E-state index is 10.7. The van der Waals surface area contributed by atoms with Crippen molar-refractivity contribution in [2.45, 2.75) is 58.0 Å². The van der Waals surface area contributed by atoms with E-state index in [1.165, 1.54) is 16.7 Å². The highest BCUT2D eigenvalue weighted by Gasteiger charge is 2.50. The molecular formula is C19H24O3. The summed E-state index contributed by atoms with van der Waals surface area (Å²) in [6.45, 7) is 4.67. The van der Waals surface area contributed by atoms with E-state index in [0.29, 0.717) is 5.92 Å². The summed E-state index contributed by atoms with van der Waals surface area (Å²) in [5.74, 6) is 1.83. The molecule has 0 bridgehead atoms. The van der Waals surface area contributed by atoms with Crippen molar-refractivity contribution in [3.63, 3.8) is 0 Å². The summed E-state index contributed by atoms with van der Waals surface area (Å²) >= 11 is 0. The van der Waals surface area contributed by atoms with Gasteiger partial charge >= 0.3 is 0 Å². The first-order valence-electron chi connectivity index (χ1n) is 8.38. The minimum Gasteiger partial charge on any atom is -0.472 e. The normalized spacial score (nSPS) is 33.7. The Kier molecular flexibility index (Phi) is 3.23. The highest BCUT2D eigenvalue weighted by atomic mass is 16.3. The zero-order valence-corrected chi connectivity index (χ0v) is 13.3. The number of rotatable bonds is 3. The molecule has 0 radical (unpaired) electrons. The molecule has 2 aliphatic rings. The Bertz CT molecular complexity index is 654. The second-order valence-electron chi connectivity index (χ2n) is 7.42. The molecule has 0 aromatic carbocycles. The van der Waals surface area contributed by atoms with Gasteiger partial charge in [-0.15, -0.1) is 0 Å². The topological polar surface area (TPSA) is 46.5 Å². The standard InChI is InChI=1S/C19H24O3/c1-12-9-16-17-14(11-22-16)3-4-15(20)18(17)19(12,2)7-5-13-6-8-21-10-13/h6,8,10-12,15,18,20H,3-5,7,9H2,1-2H3. The molecule has 3 heteroatoms. The van der Waals surface area contributed by atoms with Gasteiger partial charge in [-0.1, -0.05) is 13.8 Å². The van der Waals surface area contributed by atoms with Crippen LogP contribution in [0.3, 0.4) is 0 Å². The molecule has 0 amide bonds. The first-order chi connectivity index (χ1) is 10.6. The molecule has 2 aromatic rings. The highest BCUT2D eigenvalue weighted by Crippen LogP contribution is 2.56. The summed E-state index contributed by atoms with van der Waals surface area (Å²) < 4.78 is 11.0. The van der Waals surface area contributed by atoms with Crippen molar-refractivity contribution in [1.29, 1.82) is 0 Å². The summed E-state index contributed by atoms with van der Waals surface area (Å²) in [5, 5.41) is 10.7. The summed E-state index contributed by atoms with van der Waals surface area (Å²) in [6.07, 6.45) is 10.1. The van der Waals surface area contributed by atoms with Gasteiger partial charge in [0, 0.05) is 17.9 Å². The molecule has 0 spiro atoms. The smallest absolute Gasteiger partial charge is 0.107 e. The molecule has 2 heterocycles. The van der Waals surface area contributed by atoms with E-state index in [1.807, 2.05) is 18.6 Å². The molecule has 22 heavy (non-hydrogen) atoms. The van der Waals surface area contributed by atoms with Gasteiger partial charge in [-0.2, -0.15) is 0 Å². The van der Waals surface area contributed by atoms with Gasteiger partial charge in [0.2, 0.25) is 0 Å². The van der Waals surface area contributed by atoms with Crippen molar-refractivity contribution in [3.8, 4) is 0 Å². The van der Waals surface area contributed by atoms with Crippen LogP contribution in [0.1, 0.15) is 55.1 Å². The summed E-state index contributed by atoms with van der Waals surface area (Å²) in [7, 11) is 0. The van der Waals surface area contributed by atoms with E-state index in [4.69, 9.17) is 8.83 Å². The van der Waals surface area contributed by atoms with Crippen molar-refractivity contribution < 1.29 is 13.9 Å². The van der Waals surface area contributed by atoms with Crippen LogP contribution >= 0.6 is 0 Å². The van der Waals surface area contributed by atoms with E-state index >= 15 is 0 Å². The lowest BCUT2D eigenvalue weighted by Crippen LogP contribution is -2.45. The molecule has 118 valence electrons. The maximum Gasteiger partial charge on any atom is 0.107 e. The van der Waals surface area contributed by atoms with E-state index in [9.17, 15) is 5.11 Å². The number of aliphatic hydroxyl groups is 1. The van der Waals surface area contributed by atoms with Crippen molar-refractivity contribution in [2.24, 2.45) is 11.3 Å². The Hall–Kier alpha value is -1.48. The average Bonchev–Trinajstić information content (AvgIpc) is 3.14. The van der Waals surface area contributed by atoms with E-state index < -0.39 is 0 Å². The number of furan rings is 2. The van der Waals surface area contributed by atoms with Crippen LogP contribution in [0.5, 0.6) is 0 Å². The third kappa shape index (κ3) is 1.98. The average molecular weight is 300 g/mol. The quantitative estimate of drug-likeness (QED) is 0.928. The van der Waals surface area contributed by atoms with Crippen molar-refractivity contribution >= 4 is 0 Å². The van der Waals surface area contributed by atoms with Gasteiger partial charge in [-0.3, -0.25) is 0 Å². The van der Waals surface area contributed by atoms with Gasteiger partial charge in [0.05, 0.1) is 24.9 Å². The van der Waals surface area contributed by atoms with Gasteiger partial charge in [-0.25, -0.2) is 0 Å². The molecule has 0 aliphatic heterocycles. The van der Waals surface area contributed by atoms with E-state index in [2.05, 4.69) is 13.8 Å². The molecule has 4 rings (SSSR count). The van der Waals surface area contributed by atoms with Crippen LogP contribution in [0.25, 0.3) is 0 Å². The number of hydrogen-bond acceptors (Lipinski definition) is 3. The predicted molar refractivity (Wildman–Crippen MR) is 83.8 cm³/mol. The third-order valence-corrected chi connectivity index (χ3v) is 6.26. The number of aryl methyl sites for hydroxylation is 2. The number of hydrogen-bond donors (Lipinski definition) is 1. The van der Waals surface area contributed by atoms with Gasteiger partial charge in [0.25, 0.3) is 0 Å². The Morgan fingerprint density at radius 2 is 2.23 bits per heavy atom. The minimum atomic E-state index is -0.249. The molecule has 0 saturated heterocycles. The summed E-state index contributed by atoms with van der Waals surface area (Å²) in [6, 6.07) is 2.04. The first-order valence-corrected chi connectivity index (χ1v) is 8.38. The Morgan fingerprint density at radius 3 is 3.00 bits per heavy atom. The lowest BCUT2D eigenvalue weighted by molar-refractivity contribution is 0.0114. The van der Waals surface area contributed by atoms with Crippen molar-refractivity contribution in [1.82, 2.24) is 0 Å². The van der Waals surface area contributed by atoms with Crippen LogP contribution in [0, 0.1) is 11.3 Å². The molecular weight excluding hydrogens is 276 g/mol. The Labute approximate surface area is 131 Å². The molecule has 1 N–H and O–H groups in total. The molecule has 2 aromatic heterocycles. The lowest BCUT2D eigenvalue weighted by atomic mass is 9.55. The second kappa shape index (κ2) is 5.02. The predicted octanol–water partition coefficient (Wildman–Crippen LogP) is 4.09. The van der Waals surface area contributed by atoms with Gasteiger partial charge < -0.3 is 13.9 Å². The summed E-state index contributed by atoms with van der Waals surface area (Å²) in [5.41, 5.74) is 4.00. The fourth-order valence-electron chi connectivity index (χ4n) is 4.67. The molecule has 0 saturated carbocycles. The molecule has 4 atom stereocenters. The van der Waals surface area contributed by atoms with Gasteiger partial charge in [-0.05, 0) is 54.2 Å². The molecule has 0 fully saturated rings. The van der Waals surface area contributed by atoms with Gasteiger partial charge in [0.1, 0.15) is 5.76 Å². The van der Waals surface area contributed by atoms with Crippen molar-refractivity contribution in [3.05, 3.63) is 47.3 Å². The number of aliphatic hydroxyl groups excluding tert-OH is 1. The van der Waals surface area contributed by atoms with E-state index in [1.54, 1.807) is 6.26 Å². The van der Waals surface area contributed by atoms with E-state index in [0.717, 1.165) is 37.9 Å². The zero-order chi connectivity index (χ0) is 15.3. The van der Waals surface area contributed by atoms with Crippen molar-refractivity contribution in [2.75, 3.05) is 0 Å². The largest absolute Gasteiger partial charge is 0.472 e. The third-order valence-electron chi connectivity index (χ3n) is 6.26. The van der Waals surface area contributed by atoms with Crippen LogP contribution in [0.2, 0.25) is 0 Å². The zero-order valence-electron chi connectivity index (χ0n) is 13.3. The Balaban J connectivity index is 1.70.